The van der Waals surface area contributed by atoms with Gasteiger partial charge in [0.2, 0.25) is 0 Å². The van der Waals surface area contributed by atoms with Crippen LogP contribution in [0.4, 0.5) is 0 Å². The van der Waals surface area contributed by atoms with Crippen molar-refractivity contribution in [2.24, 2.45) is 0 Å². The SMILES string of the molecule is Cc1ccccc1C1=CC(NCc2cncn2Cc2ccc(Br)cc2)CCCC1. The van der Waals surface area contributed by atoms with Crippen molar-refractivity contribution in [3.8, 4) is 0 Å². The Balaban J connectivity index is 1.44. The van der Waals surface area contributed by atoms with Gasteiger partial charge in [-0.1, -0.05) is 64.8 Å². The molecule has 0 radical (unpaired) electrons. The largest absolute Gasteiger partial charge is 0.329 e. The molecule has 1 unspecified atom stereocenters. The van der Waals surface area contributed by atoms with Gasteiger partial charge >= 0.3 is 0 Å². The Labute approximate surface area is 182 Å². The lowest BCUT2D eigenvalue weighted by molar-refractivity contribution is 0.525. The lowest BCUT2D eigenvalue weighted by atomic mass is 9.97. The number of imidazole rings is 1. The second-order valence-electron chi connectivity index (χ2n) is 7.88. The molecule has 0 fully saturated rings. The molecule has 1 aliphatic carbocycles. The van der Waals surface area contributed by atoms with Gasteiger partial charge in [-0.05, 0) is 60.6 Å². The molecule has 2 aromatic carbocycles. The molecule has 0 saturated carbocycles. The van der Waals surface area contributed by atoms with E-state index in [0.29, 0.717) is 6.04 Å². The molecule has 1 N–H and O–H groups in total. The van der Waals surface area contributed by atoms with Gasteiger partial charge in [0.1, 0.15) is 0 Å². The van der Waals surface area contributed by atoms with Gasteiger partial charge in [0.25, 0.3) is 0 Å². The third-order valence-electron chi connectivity index (χ3n) is 5.71. The summed E-state index contributed by atoms with van der Waals surface area (Å²) in [6.07, 6.45) is 11.3. The van der Waals surface area contributed by atoms with Gasteiger partial charge in [-0.25, -0.2) is 4.98 Å². The summed E-state index contributed by atoms with van der Waals surface area (Å²) in [5.41, 5.74) is 6.77. The van der Waals surface area contributed by atoms with E-state index in [-0.39, 0.29) is 0 Å². The molecule has 1 aliphatic rings. The molecule has 0 spiro atoms. The van der Waals surface area contributed by atoms with Crippen molar-refractivity contribution in [3.63, 3.8) is 0 Å². The Morgan fingerprint density at radius 3 is 2.76 bits per heavy atom. The molecule has 3 nitrogen and oxygen atoms in total. The molecule has 0 saturated heterocycles. The summed E-state index contributed by atoms with van der Waals surface area (Å²) in [6, 6.07) is 17.6. The quantitative estimate of drug-likeness (QED) is 0.491. The van der Waals surface area contributed by atoms with Gasteiger partial charge < -0.3 is 9.88 Å². The van der Waals surface area contributed by atoms with E-state index in [4.69, 9.17) is 0 Å². The van der Waals surface area contributed by atoms with Gasteiger partial charge in [-0.3, -0.25) is 0 Å². The molecule has 4 rings (SSSR count). The first-order valence-corrected chi connectivity index (χ1v) is 11.2. The Bertz CT molecular complexity index is 972. The number of halogens is 1. The smallest absolute Gasteiger partial charge is 0.0951 e. The molecule has 4 heteroatoms. The van der Waals surface area contributed by atoms with Gasteiger partial charge in [0.05, 0.1) is 12.0 Å². The molecular formula is C25H28BrN3. The van der Waals surface area contributed by atoms with Crippen molar-refractivity contribution in [2.45, 2.75) is 51.7 Å². The van der Waals surface area contributed by atoms with Crippen LogP contribution in [0.5, 0.6) is 0 Å². The summed E-state index contributed by atoms with van der Waals surface area (Å²) in [7, 11) is 0. The van der Waals surface area contributed by atoms with Crippen LogP contribution in [0.3, 0.4) is 0 Å². The predicted octanol–water partition coefficient (Wildman–Crippen LogP) is 6.12. The summed E-state index contributed by atoms with van der Waals surface area (Å²) in [4.78, 5) is 4.39. The Hall–Kier alpha value is -2.17. The third kappa shape index (κ3) is 5.26. The zero-order valence-electron chi connectivity index (χ0n) is 16.9. The Morgan fingerprint density at radius 2 is 1.93 bits per heavy atom. The molecule has 0 amide bonds. The first-order valence-electron chi connectivity index (χ1n) is 10.4. The summed E-state index contributed by atoms with van der Waals surface area (Å²) < 4.78 is 3.34. The Kier molecular flexibility index (Phi) is 6.63. The van der Waals surface area contributed by atoms with E-state index < -0.39 is 0 Å². The highest BCUT2D eigenvalue weighted by Crippen LogP contribution is 2.28. The van der Waals surface area contributed by atoms with E-state index in [0.717, 1.165) is 17.6 Å². The first kappa shape index (κ1) is 20.1. The fraction of sp³-hybridized carbons (Fsp3) is 0.320. The van der Waals surface area contributed by atoms with Crippen molar-refractivity contribution >= 4 is 21.5 Å². The van der Waals surface area contributed by atoms with Gasteiger partial charge in [-0.2, -0.15) is 0 Å². The van der Waals surface area contributed by atoms with E-state index in [1.807, 2.05) is 12.5 Å². The second-order valence-corrected chi connectivity index (χ2v) is 8.80. The topological polar surface area (TPSA) is 29.9 Å². The molecule has 150 valence electrons. The van der Waals surface area contributed by atoms with E-state index in [1.54, 1.807) is 0 Å². The van der Waals surface area contributed by atoms with Crippen LogP contribution in [0.25, 0.3) is 5.57 Å². The molecule has 1 aromatic heterocycles. The van der Waals surface area contributed by atoms with Crippen LogP contribution < -0.4 is 5.32 Å². The molecule has 3 aromatic rings. The highest BCUT2D eigenvalue weighted by atomic mass is 79.9. The summed E-state index contributed by atoms with van der Waals surface area (Å²) in [5.74, 6) is 0. The monoisotopic (exact) mass is 449 g/mol. The average Bonchev–Trinajstić information content (AvgIpc) is 3.03. The van der Waals surface area contributed by atoms with Crippen LogP contribution in [0.1, 0.15) is 48.1 Å². The molecular weight excluding hydrogens is 422 g/mol. The van der Waals surface area contributed by atoms with Crippen molar-refractivity contribution in [1.29, 1.82) is 0 Å². The van der Waals surface area contributed by atoms with Gasteiger partial charge in [0, 0.05) is 29.8 Å². The Morgan fingerprint density at radius 1 is 1.10 bits per heavy atom. The molecule has 0 aliphatic heterocycles. The number of benzene rings is 2. The number of hydrogen-bond donors (Lipinski definition) is 1. The normalized spacial score (nSPS) is 17.0. The maximum atomic E-state index is 4.39. The number of nitrogens with one attached hydrogen (secondary N) is 1. The van der Waals surface area contributed by atoms with Gasteiger partial charge in [-0.15, -0.1) is 0 Å². The highest BCUT2D eigenvalue weighted by molar-refractivity contribution is 9.10. The number of hydrogen-bond acceptors (Lipinski definition) is 2. The fourth-order valence-corrected chi connectivity index (χ4v) is 4.33. The zero-order chi connectivity index (χ0) is 20.1. The lowest BCUT2D eigenvalue weighted by Gasteiger charge is -2.16. The van der Waals surface area contributed by atoms with Crippen LogP contribution in [-0.4, -0.2) is 15.6 Å². The zero-order valence-corrected chi connectivity index (χ0v) is 18.5. The number of aryl methyl sites for hydroxylation is 1. The standard InChI is InChI=1S/C25H28BrN3/c1-19-6-2-5-9-25(19)21-7-3-4-8-23(14-21)28-16-24-15-27-18-29(24)17-20-10-12-22(26)13-11-20/h2,5-6,9-15,18,23,28H,3-4,7-8,16-17H2,1H3. The lowest BCUT2D eigenvalue weighted by Crippen LogP contribution is -2.27. The maximum Gasteiger partial charge on any atom is 0.0951 e. The number of rotatable bonds is 6. The average molecular weight is 450 g/mol. The molecule has 1 atom stereocenters. The van der Waals surface area contributed by atoms with Crippen LogP contribution in [-0.2, 0) is 13.1 Å². The molecule has 29 heavy (non-hydrogen) atoms. The van der Waals surface area contributed by atoms with Gasteiger partial charge in [0.15, 0.2) is 0 Å². The van der Waals surface area contributed by atoms with E-state index in [1.165, 1.54) is 53.6 Å². The predicted molar refractivity (Wildman–Crippen MR) is 124 cm³/mol. The van der Waals surface area contributed by atoms with Crippen LogP contribution in [0.2, 0.25) is 0 Å². The summed E-state index contributed by atoms with van der Waals surface area (Å²) >= 11 is 3.50. The van der Waals surface area contributed by atoms with Crippen LogP contribution in [0.15, 0.2) is 71.6 Å². The van der Waals surface area contributed by atoms with E-state index in [2.05, 4.69) is 92.3 Å². The fourth-order valence-electron chi connectivity index (χ4n) is 4.07. The number of nitrogens with zero attached hydrogens (tertiary/aromatic N) is 2. The summed E-state index contributed by atoms with van der Waals surface area (Å²) in [5, 5.41) is 3.77. The van der Waals surface area contributed by atoms with Crippen molar-refractivity contribution in [3.05, 3.63) is 94.0 Å². The first-order chi connectivity index (χ1) is 14.2. The third-order valence-corrected chi connectivity index (χ3v) is 6.24. The highest BCUT2D eigenvalue weighted by Gasteiger charge is 2.15. The maximum absolute atomic E-state index is 4.39. The minimum Gasteiger partial charge on any atom is -0.329 e. The molecule has 0 bridgehead atoms. The summed E-state index contributed by atoms with van der Waals surface area (Å²) in [6.45, 7) is 3.89. The number of allylic oxidation sites excluding steroid dienone is 1. The van der Waals surface area contributed by atoms with Crippen molar-refractivity contribution in [2.75, 3.05) is 0 Å². The van der Waals surface area contributed by atoms with E-state index in [9.17, 15) is 0 Å². The number of aromatic nitrogens is 2. The minimum atomic E-state index is 0.406. The van der Waals surface area contributed by atoms with Crippen LogP contribution >= 0.6 is 15.9 Å². The van der Waals surface area contributed by atoms with Crippen molar-refractivity contribution in [1.82, 2.24) is 14.9 Å². The van der Waals surface area contributed by atoms with Crippen LogP contribution in [0, 0.1) is 6.92 Å². The van der Waals surface area contributed by atoms with Crippen molar-refractivity contribution < 1.29 is 0 Å². The second kappa shape index (κ2) is 9.55. The molecule has 1 heterocycles. The minimum absolute atomic E-state index is 0.406. The van der Waals surface area contributed by atoms with E-state index >= 15 is 0 Å².